The van der Waals surface area contributed by atoms with Crippen LogP contribution in [0.25, 0.3) is 0 Å². The van der Waals surface area contributed by atoms with Crippen LogP contribution in [0.4, 0.5) is 0 Å². The number of hydrogen-bond donors (Lipinski definition) is 1. The molecule has 0 aliphatic carbocycles. The van der Waals surface area contributed by atoms with Crippen molar-refractivity contribution in [3.05, 3.63) is 18.0 Å². The SMILES string of the molecule is CNC(=O)C[C@@H]1CN(C2CCOCC2)Cc2ccnn21. The third-order valence-electron chi connectivity index (χ3n) is 4.32. The van der Waals surface area contributed by atoms with Crippen molar-refractivity contribution in [2.75, 3.05) is 26.8 Å². The topological polar surface area (TPSA) is 59.4 Å². The number of fused-ring (bicyclic) bond motifs is 1. The molecule has 1 fully saturated rings. The van der Waals surface area contributed by atoms with E-state index in [0.717, 1.165) is 39.1 Å². The fourth-order valence-corrected chi connectivity index (χ4v) is 3.21. The number of amides is 1. The van der Waals surface area contributed by atoms with Crippen molar-refractivity contribution in [1.82, 2.24) is 20.0 Å². The molecule has 1 amide bonds. The maximum atomic E-state index is 11.7. The highest BCUT2D eigenvalue weighted by molar-refractivity contribution is 5.76. The largest absolute Gasteiger partial charge is 0.381 e. The van der Waals surface area contributed by atoms with Gasteiger partial charge >= 0.3 is 0 Å². The second kappa shape index (κ2) is 5.93. The Hall–Kier alpha value is -1.40. The quantitative estimate of drug-likeness (QED) is 0.877. The molecule has 0 saturated carbocycles. The first kappa shape index (κ1) is 13.6. The first-order valence-corrected chi connectivity index (χ1v) is 7.32. The molecule has 20 heavy (non-hydrogen) atoms. The standard InChI is InChI=1S/C14H22N4O2/c1-15-14(19)8-13-10-17(11-3-6-20-7-4-11)9-12-2-5-16-18(12)13/h2,5,11,13H,3-4,6-10H2,1H3,(H,15,19)/t13-/m1/s1. The molecule has 0 unspecified atom stereocenters. The van der Waals surface area contributed by atoms with Crippen LogP contribution in [-0.2, 0) is 16.1 Å². The van der Waals surface area contributed by atoms with Gasteiger partial charge in [0.25, 0.3) is 0 Å². The lowest BCUT2D eigenvalue weighted by molar-refractivity contribution is -0.121. The van der Waals surface area contributed by atoms with Crippen molar-refractivity contribution < 1.29 is 9.53 Å². The van der Waals surface area contributed by atoms with E-state index in [1.807, 2.05) is 10.9 Å². The zero-order valence-electron chi connectivity index (χ0n) is 11.9. The molecule has 1 aromatic heterocycles. The minimum Gasteiger partial charge on any atom is -0.381 e. The number of carbonyl (C=O) groups is 1. The Kier molecular flexibility index (Phi) is 4.03. The van der Waals surface area contributed by atoms with E-state index in [1.54, 1.807) is 7.05 Å². The number of nitrogens with zero attached hydrogens (tertiary/aromatic N) is 3. The number of carbonyl (C=O) groups excluding carboxylic acids is 1. The third-order valence-corrected chi connectivity index (χ3v) is 4.32. The minimum absolute atomic E-state index is 0.0743. The fraction of sp³-hybridized carbons (Fsp3) is 0.714. The number of ether oxygens (including phenoxy) is 1. The van der Waals surface area contributed by atoms with Gasteiger partial charge in [-0.25, -0.2) is 0 Å². The summed E-state index contributed by atoms with van der Waals surface area (Å²) in [5.74, 6) is 0.0743. The Bertz CT molecular complexity index is 467. The number of nitrogens with one attached hydrogen (secondary N) is 1. The predicted molar refractivity (Wildman–Crippen MR) is 74.2 cm³/mol. The maximum absolute atomic E-state index is 11.7. The lowest BCUT2D eigenvalue weighted by Crippen LogP contribution is -2.46. The molecule has 1 aromatic rings. The second-order valence-electron chi connectivity index (χ2n) is 5.57. The van der Waals surface area contributed by atoms with E-state index in [9.17, 15) is 4.79 Å². The molecule has 1 N–H and O–H groups in total. The first-order valence-electron chi connectivity index (χ1n) is 7.32. The van der Waals surface area contributed by atoms with Gasteiger partial charge in [-0.05, 0) is 18.9 Å². The van der Waals surface area contributed by atoms with Crippen molar-refractivity contribution in [3.8, 4) is 0 Å². The van der Waals surface area contributed by atoms with Gasteiger partial charge in [-0.3, -0.25) is 14.4 Å². The molecule has 2 aliphatic heterocycles. The van der Waals surface area contributed by atoms with E-state index >= 15 is 0 Å². The molecule has 1 saturated heterocycles. The molecule has 110 valence electrons. The third kappa shape index (κ3) is 2.71. The summed E-state index contributed by atoms with van der Waals surface area (Å²) in [7, 11) is 1.69. The molecule has 1 atom stereocenters. The minimum atomic E-state index is 0.0743. The van der Waals surface area contributed by atoms with E-state index in [2.05, 4.69) is 21.4 Å². The Morgan fingerprint density at radius 1 is 1.50 bits per heavy atom. The van der Waals surface area contributed by atoms with Crippen LogP contribution in [-0.4, -0.2) is 53.4 Å². The Morgan fingerprint density at radius 2 is 2.30 bits per heavy atom. The van der Waals surface area contributed by atoms with Gasteiger partial charge in [-0.1, -0.05) is 0 Å². The van der Waals surface area contributed by atoms with E-state index in [1.165, 1.54) is 5.69 Å². The molecular weight excluding hydrogens is 256 g/mol. The molecule has 3 heterocycles. The molecule has 6 heteroatoms. The predicted octanol–water partition coefficient (Wildman–Crippen LogP) is 0.555. The lowest BCUT2D eigenvalue weighted by Gasteiger charge is -2.40. The van der Waals surface area contributed by atoms with Crippen molar-refractivity contribution in [3.63, 3.8) is 0 Å². The molecule has 3 rings (SSSR count). The van der Waals surface area contributed by atoms with Crippen molar-refractivity contribution in [1.29, 1.82) is 0 Å². The Labute approximate surface area is 119 Å². The van der Waals surface area contributed by atoms with Gasteiger partial charge in [0.15, 0.2) is 0 Å². The summed E-state index contributed by atoms with van der Waals surface area (Å²) in [4.78, 5) is 14.2. The molecule has 0 spiro atoms. The molecular formula is C14H22N4O2. The normalized spacial score (nSPS) is 24.4. The lowest BCUT2D eigenvalue weighted by atomic mass is 10.0. The van der Waals surface area contributed by atoms with Crippen molar-refractivity contribution in [2.24, 2.45) is 0 Å². The van der Waals surface area contributed by atoms with Crippen molar-refractivity contribution in [2.45, 2.75) is 37.9 Å². The molecule has 0 bridgehead atoms. The fourth-order valence-electron chi connectivity index (χ4n) is 3.21. The molecule has 0 radical (unpaired) electrons. The highest BCUT2D eigenvalue weighted by atomic mass is 16.5. The molecule has 6 nitrogen and oxygen atoms in total. The van der Waals surface area contributed by atoms with Gasteiger partial charge in [-0.15, -0.1) is 0 Å². The van der Waals surface area contributed by atoms with Crippen LogP contribution in [0.5, 0.6) is 0 Å². The van der Waals surface area contributed by atoms with E-state index in [4.69, 9.17) is 4.74 Å². The summed E-state index contributed by atoms with van der Waals surface area (Å²) in [6.45, 7) is 3.52. The van der Waals surface area contributed by atoms with E-state index in [0.29, 0.717) is 12.5 Å². The summed E-state index contributed by atoms with van der Waals surface area (Å²) < 4.78 is 7.46. The summed E-state index contributed by atoms with van der Waals surface area (Å²) in [6, 6.07) is 2.76. The first-order chi connectivity index (χ1) is 9.78. The van der Waals surface area contributed by atoms with Gasteiger partial charge < -0.3 is 10.1 Å². The highest BCUT2D eigenvalue weighted by Gasteiger charge is 2.31. The van der Waals surface area contributed by atoms with E-state index < -0.39 is 0 Å². The number of hydrogen-bond acceptors (Lipinski definition) is 4. The van der Waals surface area contributed by atoms with Crippen LogP contribution in [0.2, 0.25) is 0 Å². The van der Waals surface area contributed by atoms with Crippen LogP contribution in [0.1, 0.15) is 31.0 Å². The average molecular weight is 278 g/mol. The van der Waals surface area contributed by atoms with Gasteiger partial charge in [0, 0.05) is 45.6 Å². The Morgan fingerprint density at radius 3 is 3.05 bits per heavy atom. The van der Waals surface area contributed by atoms with E-state index in [-0.39, 0.29) is 11.9 Å². The average Bonchev–Trinajstić information content (AvgIpc) is 2.96. The summed E-state index contributed by atoms with van der Waals surface area (Å²) in [5.41, 5.74) is 1.21. The number of rotatable bonds is 3. The van der Waals surface area contributed by atoms with Crippen LogP contribution < -0.4 is 5.32 Å². The molecule has 2 aliphatic rings. The zero-order valence-corrected chi connectivity index (χ0v) is 11.9. The summed E-state index contributed by atoms with van der Waals surface area (Å²) in [6.07, 6.45) is 4.49. The second-order valence-corrected chi connectivity index (χ2v) is 5.57. The molecule has 0 aromatic carbocycles. The summed E-state index contributed by atoms with van der Waals surface area (Å²) in [5, 5.41) is 7.10. The Balaban J connectivity index is 1.75. The van der Waals surface area contributed by atoms with Gasteiger partial charge in [0.05, 0.1) is 18.2 Å². The zero-order chi connectivity index (χ0) is 13.9. The van der Waals surface area contributed by atoms with Crippen LogP contribution in [0.15, 0.2) is 12.3 Å². The van der Waals surface area contributed by atoms with Crippen LogP contribution in [0, 0.1) is 0 Å². The summed E-state index contributed by atoms with van der Waals surface area (Å²) >= 11 is 0. The smallest absolute Gasteiger partial charge is 0.221 e. The number of aromatic nitrogens is 2. The highest BCUT2D eigenvalue weighted by Crippen LogP contribution is 2.27. The van der Waals surface area contributed by atoms with Gasteiger partial charge in [-0.2, -0.15) is 5.10 Å². The van der Waals surface area contributed by atoms with Crippen LogP contribution in [0.3, 0.4) is 0 Å². The monoisotopic (exact) mass is 278 g/mol. The van der Waals surface area contributed by atoms with Gasteiger partial charge in [0.1, 0.15) is 0 Å². The van der Waals surface area contributed by atoms with Gasteiger partial charge in [0.2, 0.25) is 5.91 Å². The maximum Gasteiger partial charge on any atom is 0.221 e. The van der Waals surface area contributed by atoms with Crippen molar-refractivity contribution >= 4 is 5.91 Å². The van der Waals surface area contributed by atoms with Crippen LogP contribution >= 0.6 is 0 Å².